The van der Waals surface area contributed by atoms with Gasteiger partial charge in [-0.3, -0.25) is 4.79 Å². The monoisotopic (exact) mass is 402 g/mol. The first kappa shape index (κ1) is 19.4. The molecule has 0 saturated carbocycles. The summed E-state index contributed by atoms with van der Waals surface area (Å²) in [6.45, 7) is 0.684. The van der Waals surface area contributed by atoms with Gasteiger partial charge in [0.1, 0.15) is 0 Å². The van der Waals surface area contributed by atoms with Crippen LogP contribution in [0.25, 0.3) is 5.69 Å². The molecule has 1 aliphatic heterocycles. The van der Waals surface area contributed by atoms with Crippen LogP contribution in [0.1, 0.15) is 22.5 Å². The summed E-state index contributed by atoms with van der Waals surface area (Å²) in [7, 11) is -3.34. The topological polar surface area (TPSA) is 84.3 Å². The first-order chi connectivity index (χ1) is 12.5. The van der Waals surface area contributed by atoms with Gasteiger partial charge in [-0.2, -0.15) is 18.3 Å². The average molecular weight is 402 g/mol. The normalized spacial score (nSPS) is 18.1. The van der Waals surface area contributed by atoms with E-state index in [2.05, 4.69) is 9.82 Å². The van der Waals surface area contributed by atoms with Crippen LogP contribution in [0.15, 0.2) is 36.5 Å². The fraction of sp³-hybridized carbons (Fsp3) is 0.375. The molecule has 3 rings (SSSR count). The van der Waals surface area contributed by atoms with Gasteiger partial charge in [0, 0.05) is 30.9 Å². The van der Waals surface area contributed by atoms with Crippen LogP contribution in [0.3, 0.4) is 0 Å². The molecule has 11 heteroatoms. The van der Waals surface area contributed by atoms with Crippen LogP contribution in [0.5, 0.6) is 0 Å². The van der Waals surface area contributed by atoms with Crippen LogP contribution in [0.2, 0.25) is 0 Å². The fourth-order valence-electron chi connectivity index (χ4n) is 2.90. The lowest BCUT2D eigenvalue weighted by molar-refractivity contribution is -0.141. The van der Waals surface area contributed by atoms with Gasteiger partial charge in [-0.1, -0.05) is 0 Å². The van der Waals surface area contributed by atoms with Gasteiger partial charge in [-0.25, -0.2) is 17.8 Å². The van der Waals surface area contributed by atoms with Crippen LogP contribution in [0.4, 0.5) is 13.2 Å². The summed E-state index contributed by atoms with van der Waals surface area (Å²) >= 11 is 0. The molecule has 2 aromatic rings. The second-order valence-electron chi connectivity index (χ2n) is 6.32. The summed E-state index contributed by atoms with van der Waals surface area (Å²) in [5, 5.41) is 3.48. The zero-order valence-corrected chi connectivity index (χ0v) is 15.1. The van der Waals surface area contributed by atoms with E-state index in [0.717, 1.165) is 17.0 Å². The fourth-order valence-corrected chi connectivity index (χ4v) is 3.70. The van der Waals surface area contributed by atoms with E-state index in [0.29, 0.717) is 24.2 Å². The van der Waals surface area contributed by atoms with E-state index in [4.69, 9.17) is 0 Å². The number of carbonyl (C=O) groups is 1. The molecule has 1 saturated heterocycles. The molecule has 1 aromatic heterocycles. The number of hydrogen-bond acceptors (Lipinski definition) is 4. The number of nitrogens with one attached hydrogen (secondary N) is 1. The van der Waals surface area contributed by atoms with Crippen molar-refractivity contribution in [3.63, 3.8) is 0 Å². The van der Waals surface area contributed by atoms with E-state index in [-0.39, 0.29) is 18.5 Å². The second-order valence-corrected chi connectivity index (χ2v) is 8.10. The molecule has 1 N–H and O–H groups in total. The lowest BCUT2D eigenvalue weighted by Crippen LogP contribution is -2.37. The Hall–Kier alpha value is -2.40. The van der Waals surface area contributed by atoms with E-state index in [1.165, 1.54) is 35.4 Å². The highest BCUT2D eigenvalue weighted by atomic mass is 32.2. The molecule has 0 bridgehead atoms. The van der Waals surface area contributed by atoms with Crippen LogP contribution < -0.4 is 4.72 Å². The summed E-state index contributed by atoms with van der Waals surface area (Å²) < 4.78 is 64.0. The first-order valence-electron chi connectivity index (χ1n) is 8.03. The van der Waals surface area contributed by atoms with Crippen molar-refractivity contribution in [2.24, 2.45) is 0 Å². The zero-order chi connectivity index (χ0) is 19.8. The SMILES string of the molecule is CS(=O)(=O)NC1CCN(C(=O)c2ccc(-n3ccc(C(F)(F)F)n3)cc2)C1. The highest BCUT2D eigenvalue weighted by Gasteiger charge is 2.33. The van der Waals surface area contributed by atoms with E-state index in [1.807, 2.05) is 0 Å². The van der Waals surface area contributed by atoms with Gasteiger partial charge in [0.2, 0.25) is 10.0 Å². The molecular weight excluding hydrogens is 385 g/mol. The third-order valence-corrected chi connectivity index (χ3v) is 4.88. The van der Waals surface area contributed by atoms with Crippen molar-refractivity contribution in [2.45, 2.75) is 18.6 Å². The first-order valence-corrected chi connectivity index (χ1v) is 9.92. The Bertz CT molecular complexity index is 939. The molecule has 27 heavy (non-hydrogen) atoms. The molecular formula is C16H17F3N4O3S. The molecule has 0 radical (unpaired) electrons. The summed E-state index contributed by atoms with van der Waals surface area (Å²) in [5.74, 6) is -0.268. The predicted molar refractivity (Wildman–Crippen MR) is 90.9 cm³/mol. The third kappa shape index (κ3) is 4.66. The molecule has 1 aliphatic rings. The number of benzene rings is 1. The van der Waals surface area contributed by atoms with Gasteiger partial charge in [-0.05, 0) is 36.8 Å². The van der Waals surface area contributed by atoms with Gasteiger partial charge in [0.05, 0.1) is 11.9 Å². The van der Waals surface area contributed by atoms with Gasteiger partial charge in [0.25, 0.3) is 5.91 Å². The molecule has 2 heterocycles. The summed E-state index contributed by atoms with van der Waals surface area (Å²) in [5.41, 5.74) is -0.244. The number of alkyl halides is 3. The number of carbonyl (C=O) groups excluding carboxylic acids is 1. The molecule has 146 valence electrons. The summed E-state index contributed by atoms with van der Waals surface area (Å²) in [4.78, 5) is 14.1. The third-order valence-electron chi connectivity index (χ3n) is 4.11. The van der Waals surface area contributed by atoms with E-state index in [1.54, 1.807) is 0 Å². The number of hydrogen-bond donors (Lipinski definition) is 1. The van der Waals surface area contributed by atoms with Crippen LogP contribution in [0, 0.1) is 0 Å². The molecule has 1 unspecified atom stereocenters. The lowest BCUT2D eigenvalue weighted by Gasteiger charge is -2.17. The number of amides is 1. The second kappa shape index (κ2) is 6.97. The van der Waals surface area contributed by atoms with Crippen LogP contribution in [-0.2, 0) is 16.2 Å². The number of likely N-dealkylation sites (tertiary alicyclic amines) is 1. The minimum absolute atomic E-state index is 0.266. The molecule has 0 spiro atoms. The Morgan fingerprint density at radius 1 is 1.22 bits per heavy atom. The van der Waals surface area contributed by atoms with E-state index in [9.17, 15) is 26.4 Å². The summed E-state index contributed by atoms with van der Waals surface area (Å²) in [6, 6.07) is 6.56. The highest BCUT2D eigenvalue weighted by Crippen LogP contribution is 2.28. The Morgan fingerprint density at radius 2 is 1.89 bits per heavy atom. The molecule has 1 amide bonds. The van der Waals surface area contributed by atoms with Gasteiger partial charge >= 0.3 is 6.18 Å². The number of sulfonamides is 1. The average Bonchev–Trinajstić information content (AvgIpc) is 3.22. The molecule has 0 aliphatic carbocycles. The number of halogens is 3. The van der Waals surface area contributed by atoms with Gasteiger partial charge in [-0.15, -0.1) is 0 Å². The molecule has 1 aromatic carbocycles. The lowest BCUT2D eigenvalue weighted by atomic mass is 10.2. The minimum Gasteiger partial charge on any atom is -0.337 e. The predicted octanol–water partition coefficient (Wildman–Crippen LogP) is 1.65. The highest BCUT2D eigenvalue weighted by molar-refractivity contribution is 7.88. The Balaban J connectivity index is 1.69. The maximum Gasteiger partial charge on any atom is 0.435 e. The Labute approximate surface area is 153 Å². The largest absolute Gasteiger partial charge is 0.435 e. The van der Waals surface area contributed by atoms with Crippen molar-refractivity contribution in [1.29, 1.82) is 0 Å². The number of nitrogens with zero attached hydrogens (tertiary/aromatic N) is 3. The Morgan fingerprint density at radius 3 is 2.44 bits per heavy atom. The van der Waals surface area contributed by atoms with Crippen molar-refractivity contribution in [3.8, 4) is 5.69 Å². The standard InChI is InChI=1S/C16H17F3N4O3S/c1-27(25,26)21-12-6-8-22(10-12)15(24)11-2-4-13(5-3-11)23-9-7-14(20-23)16(17,18)19/h2-5,7,9,12,21H,6,8,10H2,1H3. The van der Waals surface area contributed by atoms with E-state index < -0.39 is 21.9 Å². The van der Waals surface area contributed by atoms with Crippen LogP contribution >= 0.6 is 0 Å². The molecule has 7 nitrogen and oxygen atoms in total. The minimum atomic E-state index is -4.52. The van der Waals surface area contributed by atoms with Crippen molar-refractivity contribution >= 4 is 15.9 Å². The maximum absolute atomic E-state index is 12.6. The van der Waals surface area contributed by atoms with Crippen molar-refractivity contribution in [1.82, 2.24) is 19.4 Å². The van der Waals surface area contributed by atoms with Crippen molar-refractivity contribution in [2.75, 3.05) is 19.3 Å². The number of rotatable bonds is 4. The van der Waals surface area contributed by atoms with Crippen LogP contribution in [-0.4, -0.2) is 54.4 Å². The van der Waals surface area contributed by atoms with E-state index >= 15 is 0 Å². The number of aromatic nitrogens is 2. The Kier molecular flexibility index (Phi) is 5.00. The van der Waals surface area contributed by atoms with Gasteiger partial charge < -0.3 is 4.90 Å². The quantitative estimate of drug-likeness (QED) is 0.843. The zero-order valence-electron chi connectivity index (χ0n) is 14.3. The summed E-state index contributed by atoms with van der Waals surface area (Å²) in [6.07, 6.45) is -1.74. The molecule has 1 atom stereocenters. The van der Waals surface area contributed by atoms with Crippen molar-refractivity contribution in [3.05, 3.63) is 47.8 Å². The van der Waals surface area contributed by atoms with Crippen molar-refractivity contribution < 1.29 is 26.4 Å². The maximum atomic E-state index is 12.6. The smallest absolute Gasteiger partial charge is 0.337 e. The molecule has 1 fully saturated rings. The van der Waals surface area contributed by atoms with Gasteiger partial charge in [0.15, 0.2) is 5.69 Å².